The van der Waals surface area contributed by atoms with E-state index in [-0.39, 0.29) is 0 Å². The summed E-state index contributed by atoms with van der Waals surface area (Å²) < 4.78 is 0. The number of rotatable bonds is 0. The molecule has 1 aliphatic heterocycles. The number of nitrogens with one attached hydrogen (secondary N) is 9. The average molecular weight is 275 g/mol. The van der Waals surface area contributed by atoms with Crippen LogP contribution in [0.2, 0.25) is 0 Å². The summed E-state index contributed by atoms with van der Waals surface area (Å²) in [6, 6.07) is 0. The molecule has 0 saturated carbocycles. The van der Waals surface area contributed by atoms with E-state index in [0.29, 0.717) is 0 Å². The molecule has 9 heteroatoms. The van der Waals surface area contributed by atoms with E-state index in [1.54, 1.807) is 0 Å². The third-order valence-corrected chi connectivity index (χ3v) is 2.91. The molecule has 0 atom stereocenters. The molecule has 1 aliphatic rings. The first-order chi connectivity index (χ1) is 9.50. The maximum atomic E-state index is 3.06. The van der Waals surface area contributed by atoms with E-state index in [2.05, 4.69) is 49.6 Å². The van der Waals surface area contributed by atoms with Crippen molar-refractivity contribution < 1.29 is 0 Å². The lowest BCUT2D eigenvalue weighted by Crippen LogP contribution is -2.64. The molecule has 0 aromatic rings. The summed E-state index contributed by atoms with van der Waals surface area (Å²) in [6.45, 7) is 1.90. The third-order valence-electron chi connectivity index (χ3n) is 2.91. The average Bonchev–Trinajstić information content (AvgIpc) is 2.43. The van der Waals surface area contributed by atoms with Gasteiger partial charge in [-0.05, 0) is 12.8 Å². The molecule has 0 spiro atoms. The largest absolute Gasteiger partial charge is 0.243 e. The predicted molar refractivity (Wildman–Crippen MR) is 74.9 cm³/mol. The minimum atomic E-state index is 0.950. The highest BCUT2D eigenvalue weighted by atomic mass is 15.9. The molecular weight excluding hydrogens is 246 g/mol. The lowest BCUT2D eigenvalue weighted by Gasteiger charge is -2.13. The van der Waals surface area contributed by atoms with E-state index in [0.717, 1.165) is 13.1 Å². The molecule has 0 amide bonds. The van der Waals surface area contributed by atoms with Crippen molar-refractivity contribution in [1.82, 2.24) is 49.6 Å². The van der Waals surface area contributed by atoms with Gasteiger partial charge in [-0.3, -0.25) is 0 Å². The summed E-state index contributed by atoms with van der Waals surface area (Å²) in [5.41, 5.74) is 25.3. The smallest absolute Gasteiger partial charge is 0.0113 e. The van der Waals surface area contributed by atoms with Gasteiger partial charge in [-0.2, -0.15) is 38.7 Å². The van der Waals surface area contributed by atoms with E-state index in [9.17, 15) is 0 Å². The maximum Gasteiger partial charge on any atom is 0.0113 e. The van der Waals surface area contributed by atoms with Crippen LogP contribution in [0.25, 0.3) is 0 Å². The molecule has 0 aliphatic carbocycles. The summed E-state index contributed by atoms with van der Waals surface area (Å²) in [6.07, 6.45) is 10.3. The second kappa shape index (κ2) is 14.1. The second-order valence-corrected chi connectivity index (χ2v) is 4.56. The van der Waals surface area contributed by atoms with Crippen LogP contribution in [0.1, 0.15) is 51.4 Å². The molecule has 9 N–H and O–H groups in total. The van der Waals surface area contributed by atoms with Gasteiger partial charge in [-0.25, -0.2) is 10.9 Å². The number of hydrogen-bond donors (Lipinski definition) is 9. The van der Waals surface area contributed by atoms with Crippen LogP contribution in [0, 0.1) is 0 Å². The zero-order valence-electron chi connectivity index (χ0n) is 11.6. The Kier molecular flexibility index (Phi) is 12.4. The molecule has 9 nitrogen and oxygen atoms in total. The van der Waals surface area contributed by atoms with Gasteiger partial charge in [0.1, 0.15) is 0 Å². The van der Waals surface area contributed by atoms with Gasteiger partial charge in [-0.1, -0.05) is 38.5 Å². The van der Waals surface area contributed by atoms with E-state index in [1.807, 2.05) is 0 Å². The van der Waals surface area contributed by atoms with Crippen molar-refractivity contribution in [2.45, 2.75) is 51.4 Å². The van der Waals surface area contributed by atoms with Crippen molar-refractivity contribution in [2.75, 3.05) is 13.1 Å². The van der Waals surface area contributed by atoms with Crippen LogP contribution in [0.4, 0.5) is 0 Å². The Labute approximate surface area is 115 Å². The molecule has 0 radical (unpaired) electrons. The minimum absolute atomic E-state index is 0.950. The van der Waals surface area contributed by atoms with Crippen molar-refractivity contribution in [1.29, 1.82) is 0 Å². The zero-order chi connectivity index (χ0) is 13.4. The standard InChI is InChI=1S/C10H29N9/c1-2-4-6-8-10-12-14-16-18-19-17-15-13-11-9-7-5-3-1/h11-19H,1-10H2. The molecule has 1 fully saturated rings. The van der Waals surface area contributed by atoms with Crippen molar-refractivity contribution in [3.8, 4) is 0 Å². The fourth-order valence-electron chi connectivity index (χ4n) is 1.86. The molecule has 0 aromatic carbocycles. The molecule has 114 valence electrons. The summed E-state index contributed by atoms with van der Waals surface area (Å²) in [5.74, 6) is 0. The summed E-state index contributed by atoms with van der Waals surface area (Å²) >= 11 is 0. The zero-order valence-corrected chi connectivity index (χ0v) is 11.6. The van der Waals surface area contributed by atoms with Crippen LogP contribution < -0.4 is 49.6 Å². The van der Waals surface area contributed by atoms with Crippen LogP contribution >= 0.6 is 0 Å². The highest BCUT2D eigenvalue weighted by Crippen LogP contribution is 2.07. The summed E-state index contributed by atoms with van der Waals surface area (Å²) in [4.78, 5) is 0. The Morgan fingerprint density at radius 2 is 0.632 bits per heavy atom. The Bertz CT molecular complexity index is 99.7. The molecule has 0 unspecified atom stereocenters. The fraction of sp³-hybridized carbons (Fsp3) is 1.00. The van der Waals surface area contributed by atoms with Gasteiger partial charge in [0.05, 0.1) is 0 Å². The van der Waals surface area contributed by atoms with Crippen molar-refractivity contribution in [2.24, 2.45) is 0 Å². The normalized spacial score (nSPS) is 24.0. The maximum absolute atomic E-state index is 3.06. The van der Waals surface area contributed by atoms with Crippen molar-refractivity contribution >= 4 is 0 Å². The molecule has 19 heavy (non-hydrogen) atoms. The summed E-state index contributed by atoms with van der Waals surface area (Å²) in [7, 11) is 0. The molecule has 1 rings (SSSR count). The monoisotopic (exact) mass is 275 g/mol. The van der Waals surface area contributed by atoms with Gasteiger partial charge in [0.25, 0.3) is 0 Å². The predicted octanol–water partition coefficient (Wildman–Crippen LogP) is -1.25. The molecular formula is C10H29N9. The van der Waals surface area contributed by atoms with Gasteiger partial charge in [0, 0.05) is 13.1 Å². The van der Waals surface area contributed by atoms with Crippen molar-refractivity contribution in [3.05, 3.63) is 0 Å². The first-order valence-electron chi connectivity index (χ1n) is 7.21. The number of hydrazine groups is 8. The van der Waals surface area contributed by atoms with Crippen LogP contribution in [0.3, 0.4) is 0 Å². The Morgan fingerprint density at radius 3 is 1.05 bits per heavy atom. The van der Waals surface area contributed by atoms with Crippen LogP contribution in [-0.4, -0.2) is 13.1 Å². The Balaban J connectivity index is 2.01. The first kappa shape index (κ1) is 16.7. The first-order valence-corrected chi connectivity index (χ1v) is 7.21. The Hall–Kier alpha value is -0.360. The molecule has 1 saturated heterocycles. The second-order valence-electron chi connectivity index (χ2n) is 4.56. The van der Waals surface area contributed by atoms with Crippen LogP contribution in [0.15, 0.2) is 0 Å². The number of hydrogen-bond acceptors (Lipinski definition) is 9. The van der Waals surface area contributed by atoms with Gasteiger partial charge in [0.2, 0.25) is 0 Å². The van der Waals surface area contributed by atoms with Crippen molar-refractivity contribution in [3.63, 3.8) is 0 Å². The third kappa shape index (κ3) is 12.4. The Morgan fingerprint density at radius 1 is 0.316 bits per heavy atom. The van der Waals surface area contributed by atoms with Gasteiger partial charge in [-0.15, -0.1) is 0 Å². The molecule has 0 aromatic heterocycles. The highest BCUT2D eigenvalue weighted by molar-refractivity contribution is 4.49. The van der Waals surface area contributed by atoms with E-state index in [1.165, 1.54) is 51.4 Å². The van der Waals surface area contributed by atoms with Crippen LogP contribution in [-0.2, 0) is 0 Å². The highest BCUT2D eigenvalue weighted by Gasteiger charge is 1.93. The van der Waals surface area contributed by atoms with E-state index in [4.69, 9.17) is 0 Å². The minimum Gasteiger partial charge on any atom is -0.243 e. The molecule has 0 bridgehead atoms. The lowest BCUT2D eigenvalue weighted by molar-refractivity contribution is 0.242. The van der Waals surface area contributed by atoms with Crippen LogP contribution in [0.5, 0.6) is 0 Å². The van der Waals surface area contributed by atoms with Gasteiger partial charge in [0.15, 0.2) is 0 Å². The summed E-state index contributed by atoms with van der Waals surface area (Å²) in [5, 5.41) is 0. The lowest BCUT2D eigenvalue weighted by atomic mass is 10.1. The fourth-order valence-corrected chi connectivity index (χ4v) is 1.86. The van der Waals surface area contributed by atoms with Gasteiger partial charge >= 0.3 is 0 Å². The van der Waals surface area contributed by atoms with E-state index >= 15 is 0 Å². The quantitative estimate of drug-likeness (QED) is 0.268. The SMILES string of the molecule is C1CCCCCNNNNNNNNNCCCC1. The van der Waals surface area contributed by atoms with Gasteiger partial charge < -0.3 is 0 Å². The topological polar surface area (TPSA) is 108 Å². The van der Waals surface area contributed by atoms with E-state index < -0.39 is 0 Å². The molecule has 1 heterocycles.